The minimum atomic E-state index is -0.376. The molecule has 0 aliphatic carbocycles. The van der Waals surface area contributed by atoms with Crippen LogP contribution in [0.25, 0.3) is 22.2 Å². The van der Waals surface area contributed by atoms with E-state index in [0.717, 1.165) is 40.9 Å². The van der Waals surface area contributed by atoms with Crippen LogP contribution in [0.3, 0.4) is 0 Å². The average Bonchev–Trinajstić information content (AvgIpc) is 3.22. The van der Waals surface area contributed by atoms with Crippen LogP contribution >= 0.6 is 0 Å². The normalized spacial score (nSPS) is 11.8. The van der Waals surface area contributed by atoms with Crippen LogP contribution in [0.2, 0.25) is 0 Å². The van der Waals surface area contributed by atoms with Crippen molar-refractivity contribution >= 4 is 23.4 Å². The van der Waals surface area contributed by atoms with Gasteiger partial charge in [0.1, 0.15) is 5.82 Å². The van der Waals surface area contributed by atoms with Crippen molar-refractivity contribution < 1.29 is 14.3 Å². The summed E-state index contributed by atoms with van der Waals surface area (Å²) in [5.74, 6) is 0.818. The number of nitrogens with zero attached hydrogens (tertiary/aromatic N) is 2. The van der Waals surface area contributed by atoms with Crippen LogP contribution in [0.1, 0.15) is 46.6 Å². The second kappa shape index (κ2) is 13.0. The van der Waals surface area contributed by atoms with Crippen LogP contribution in [0.15, 0.2) is 63.4 Å². The van der Waals surface area contributed by atoms with E-state index >= 15 is 0 Å². The summed E-state index contributed by atoms with van der Waals surface area (Å²) in [7, 11) is 0. The number of aryl methyl sites for hydroxylation is 1. The summed E-state index contributed by atoms with van der Waals surface area (Å²) < 4.78 is 5.39. The lowest BCUT2D eigenvalue weighted by Crippen LogP contribution is -2.18. The summed E-state index contributed by atoms with van der Waals surface area (Å²) in [4.78, 5) is 27.2. The zero-order valence-corrected chi connectivity index (χ0v) is 19.2. The summed E-state index contributed by atoms with van der Waals surface area (Å²) in [5.41, 5.74) is 4.21. The first-order chi connectivity index (χ1) is 15.0. The van der Waals surface area contributed by atoms with Gasteiger partial charge in [-0.2, -0.15) is 4.98 Å². The first-order valence-corrected chi connectivity index (χ1v) is 10.6. The van der Waals surface area contributed by atoms with Gasteiger partial charge < -0.3 is 14.4 Å². The molecule has 0 fully saturated rings. The van der Waals surface area contributed by atoms with Gasteiger partial charge in [-0.3, -0.25) is 4.79 Å². The summed E-state index contributed by atoms with van der Waals surface area (Å²) in [6.07, 6.45) is 3.20. The largest absolute Gasteiger partial charge is 0.483 e. The lowest BCUT2D eigenvalue weighted by atomic mass is 9.99. The Morgan fingerprint density at radius 3 is 2.26 bits per heavy atom. The Hall–Kier alpha value is -3.41. The van der Waals surface area contributed by atoms with Gasteiger partial charge in [0.2, 0.25) is 5.71 Å². The molecule has 1 N–H and O–H groups in total. The van der Waals surface area contributed by atoms with Crippen LogP contribution in [0, 0.1) is 6.92 Å². The fourth-order valence-electron chi connectivity index (χ4n) is 3.27. The van der Waals surface area contributed by atoms with Crippen LogP contribution in [0.4, 0.5) is 5.82 Å². The van der Waals surface area contributed by atoms with E-state index in [1.54, 1.807) is 6.07 Å². The molecule has 3 aromatic rings. The summed E-state index contributed by atoms with van der Waals surface area (Å²) in [6.45, 7) is 12.8. The molecule has 6 heteroatoms. The molecule has 31 heavy (non-hydrogen) atoms. The molecule has 6 nitrogen and oxygen atoms in total. The predicted molar refractivity (Wildman–Crippen MR) is 128 cm³/mol. The number of hydrogen-bond donors (Lipinski definition) is 1. The molecule has 0 spiro atoms. The smallest absolute Gasteiger partial charge is 0.338 e. The highest BCUT2D eigenvalue weighted by Gasteiger charge is 2.17. The van der Waals surface area contributed by atoms with Crippen molar-refractivity contribution in [2.75, 3.05) is 11.4 Å². The minimum Gasteiger partial charge on any atom is -0.483 e. The van der Waals surface area contributed by atoms with Crippen molar-refractivity contribution in [2.45, 2.75) is 48.0 Å². The highest BCUT2D eigenvalue weighted by Crippen LogP contribution is 2.31. The Morgan fingerprint density at radius 2 is 1.68 bits per heavy atom. The van der Waals surface area contributed by atoms with Crippen molar-refractivity contribution in [3.63, 3.8) is 0 Å². The molecule has 0 saturated heterocycles. The second-order valence-corrected chi connectivity index (χ2v) is 6.21. The number of benzene rings is 1. The number of anilines is 1. The molecular formula is C25H32N2O4. The Labute approximate surface area is 183 Å². The van der Waals surface area contributed by atoms with Crippen LogP contribution in [0.5, 0.6) is 0 Å². The van der Waals surface area contributed by atoms with Crippen LogP contribution < -0.4 is 10.5 Å². The first kappa shape index (κ1) is 25.6. The van der Waals surface area contributed by atoms with E-state index in [-0.39, 0.29) is 12.1 Å². The lowest BCUT2D eigenvalue weighted by Gasteiger charge is -2.19. The molecule has 1 aromatic carbocycles. The van der Waals surface area contributed by atoms with E-state index < -0.39 is 0 Å². The monoisotopic (exact) mass is 424 g/mol. The zero-order chi connectivity index (χ0) is 23.4. The topological polar surface area (TPSA) is 83.6 Å². The van der Waals surface area contributed by atoms with E-state index in [0.29, 0.717) is 5.71 Å². The summed E-state index contributed by atoms with van der Waals surface area (Å²) >= 11 is 0. The molecule has 2 aromatic heterocycles. The van der Waals surface area contributed by atoms with E-state index in [9.17, 15) is 4.79 Å². The minimum absolute atomic E-state index is 0.250. The van der Waals surface area contributed by atoms with Crippen molar-refractivity contribution in [3.8, 4) is 11.1 Å². The molecule has 166 valence electrons. The van der Waals surface area contributed by atoms with E-state index in [4.69, 9.17) is 14.3 Å². The standard InChI is InChI=1S/C20H18N2O2.2C2H6.CH2O2/c1-13-6-3-4-8-15(13)17-12-19(23)24-20-16(17)9-10-18(21-20)22-11-5-7-14(22)2;2*1-2;2-1-3/h3-4,6-10,12H,5,11H2,1-2H3;2*1-2H3;1H,(H,2,3). The lowest BCUT2D eigenvalue weighted by molar-refractivity contribution is -0.122. The molecule has 0 unspecified atom stereocenters. The Kier molecular flexibility index (Phi) is 10.8. The first-order valence-electron chi connectivity index (χ1n) is 10.6. The van der Waals surface area contributed by atoms with Gasteiger partial charge in [-0.15, -0.1) is 0 Å². The van der Waals surface area contributed by atoms with Crippen molar-refractivity contribution in [1.29, 1.82) is 0 Å². The third kappa shape index (κ3) is 6.28. The average molecular weight is 425 g/mol. The molecular weight excluding hydrogens is 392 g/mol. The fourth-order valence-corrected chi connectivity index (χ4v) is 3.27. The molecule has 0 radical (unpaired) electrons. The van der Waals surface area contributed by atoms with Gasteiger partial charge >= 0.3 is 5.63 Å². The van der Waals surface area contributed by atoms with Crippen molar-refractivity contribution in [1.82, 2.24) is 4.98 Å². The third-order valence-corrected chi connectivity index (χ3v) is 4.53. The highest BCUT2D eigenvalue weighted by molar-refractivity contribution is 5.93. The van der Waals surface area contributed by atoms with Gasteiger partial charge in [-0.25, -0.2) is 4.79 Å². The van der Waals surface area contributed by atoms with E-state index in [2.05, 4.69) is 22.9 Å². The quantitative estimate of drug-likeness (QED) is 0.506. The number of allylic oxidation sites excluding steroid dienone is 1. The predicted octanol–water partition coefficient (Wildman–Crippen LogP) is 6.03. The maximum absolute atomic E-state index is 12.1. The highest BCUT2D eigenvalue weighted by atomic mass is 16.4. The van der Waals surface area contributed by atoms with Crippen LogP contribution in [-0.2, 0) is 4.79 Å². The molecule has 0 atom stereocenters. The molecule has 0 saturated carbocycles. The van der Waals surface area contributed by atoms with E-state index in [1.807, 2.05) is 71.0 Å². The SMILES string of the molecule is CC.CC.CC1=CCCN1c1ccc2c(-c3ccccc3C)cc(=O)oc2n1.O=CO. The van der Waals surface area contributed by atoms with Crippen molar-refractivity contribution in [3.05, 3.63) is 70.2 Å². The number of carbonyl (C=O) groups is 1. The maximum atomic E-state index is 12.1. The van der Waals surface area contributed by atoms with Crippen LogP contribution in [-0.4, -0.2) is 23.1 Å². The number of aromatic nitrogens is 1. The van der Waals surface area contributed by atoms with E-state index in [1.165, 1.54) is 5.70 Å². The van der Waals surface area contributed by atoms with Gasteiger partial charge in [0.05, 0.1) is 0 Å². The molecule has 0 amide bonds. The second-order valence-electron chi connectivity index (χ2n) is 6.21. The summed E-state index contributed by atoms with van der Waals surface area (Å²) in [6, 6.07) is 13.6. The Morgan fingerprint density at radius 1 is 1.03 bits per heavy atom. The Bertz CT molecular complexity index is 1070. The molecule has 4 rings (SSSR count). The number of carboxylic acid groups (broad SMARTS) is 1. The molecule has 3 heterocycles. The molecule has 1 aliphatic rings. The fraction of sp³-hybridized carbons (Fsp3) is 0.320. The number of hydrogen-bond acceptors (Lipinski definition) is 5. The molecule has 0 bridgehead atoms. The maximum Gasteiger partial charge on any atom is 0.338 e. The zero-order valence-electron chi connectivity index (χ0n) is 19.2. The van der Waals surface area contributed by atoms with Gasteiger partial charge in [0, 0.05) is 29.3 Å². The van der Waals surface area contributed by atoms with Gasteiger partial charge in [-0.05, 0) is 43.5 Å². The molecule has 1 aliphatic heterocycles. The summed E-state index contributed by atoms with van der Waals surface area (Å²) in [5, 5.41) is 7.74. The van der Waals surface area contributed by atoms with Crippen molar-refractivity contribution in [2.24, 2.45) is 0 Å². The van der Waals surface area contributed by atoms with Gasteiger partial charge in [0.25, 0.3) is 6.47 Å². The number of pyridine rings is 1. The number of rotatable bonds is 2. The third-order valence-electron chi connectivity index (χ3n) is 4.53. The van der Waals surface area contributed by atoms with Gasteiger partial charge in [0.15, 0.2) is 0 Å². The van der Waals surface area contributed by atoms with Gasteiger partial charge in [-0.1, -0.05) is 58.0 Å². The number of fused-ring (bicyclic) bond motifs is 1. The Balaban J connectivity index is 0.000000620.